The second kappa shape index (κ2) is 5.69. The molecule has 0 aliphatic heterocycles. The maximum atomic E-state index is 6.21. The lowest BCUT2D eigenvalue weighted by Crippen LogP contribution is -2.43. The Morgan fingerprint density at radius 2 is 1.89 bits per heavy atom. The first kappa shape index (κ1) is 15.0. The van der Waals surface area contributed by atoms with Gasteiger partial charge in [0.1, 0.15) is 0 Å². The molecule has 0 atom stereocenters. The molecular weight excluding hydrogens is 271 g/mol. The van der Waals surface area contributed by atoms with Gasteiger partial charge in [-0.2, -0.15) is 5.10 Å². The topological polar surface area (TPSA) is 67.6 Å². The third-order valence-electron chi connectivity index (χ3n) is 3.35. The van der Waals surface area contributed by atoms with Crippen molar-refractivity contribution in [3.05, 3.63) is 36.4 Å². The van der Waals surface area contributed by atoms with Gasteiger partial charge in [0.25, 0.3) is 0 Å². The van der Waals surface area contributed by atoms with Crippen molar-refractivity contribution in [1.29, 1.82) is 0 Å². The van der Waals surface area contributed by atoms with E-state index in [2.05, 4.69) is 21.2 Å². The molecule has 3 N–H and O–H groups in total. The summed E-state index contributed by atoms with van der Waals surface area (Å²) in [5, 5.41) is 6.71. The van der Waals surface area contributed by atoms with E-state index in [0.717, 1.165) is 29.7 Å². The van der Waals surface area contributed by atoms with Crippen LogP contribution in [-0.4, -0.2) is 15.2 Å². The Kier molecular flexibility index (Phi) is 4.73. The standard InChI is InChI=1S/C12H14N4.2ClH/c13-12(4-1-5-12)11-3-2-9(6-14-11)10-7-15-16-8-10;;/h2-3,6-8H,1,4-5,13H2,(H,15,16);2*1H. The van der Waals surface area contributed by atoms with E-state index in [4.69, 9.17) is 5.73 Å². The van der Waals surface area contributed by atoms with E-state index >= 15 is 0 Å². The van der Waals surface area contributed by atoms with Crippen LogP contribution < -0.4 is 5.73 Å². The second-order valence-electron chi connectivity index (χ2n) is 4.43. The normalized spacial score (nSPS) is 16.1. The van der Waals surface area contributed by atoms with Crippen molar-refractivity contribution < 1.29 is 0 Å². The van der Waals surface area contributed by atoms with Crippen LogP contribution >= 0.6 is 24.8 Å². The predicted molar refractivity (Wildman–Crippen MR) is 76.0 cm³/mol. The lowest BCUT2D eigenvalue weighted by molar-refractivity contribution is 0.246. The first-order valence-corrected chi connectivity index (χ1v) is 5.52. The third kappa shape index (κ3) is 2.51. The van der Waals surface area contributed by atoms with Crippen LogP contribution in [0.1, 0.15) is 25.0 Å². The minimum atomic E-state index is -0.172. The van der Waals surface area contributed by atoms with E-state index in [1.807, 2.05) is 18.5 Å². The first-order valence-electron chi connectivity index (χ1n) is 5.52. The zero-order valence-corrected chi connectivity index (χ0v) is 11.4. The number of H-pyrrole nitrogens is 1. The molecular formula is C12H16Cl2N4. The predicted octanol–water partition coefficient (Wildman–Crippen LogP) is 2.65. The number of pyridine rings is 1. The molecule has 2 heterocycles. The van der Waals surface area contributed by atoms with E-state index in [-0.39, 0.29) is 30.4 Å². The smallest absolute Gasteiger partial charge is 0.0602 e. The number of nitrogens with zero attached hydrogens (tertiary/aromatic N) is 2. The minimum absolute atomic E-state index is 0. The van der Waals surface area contributed by atoms with Crippen molar-refractivity contribution in [3.8, 4) is 11.1 Å². The van der Waals surface area contributed by atoms with Gasteiger partial charge in [-0.1, -0.05) is 6.07 Å². The third-order valence-corrected chi connectivity index (χ3v) is 3.35. The summed E-state index contributed by atoms with van der Waals surface area (Å²) in [5.74, 6) is 0. The van der Waals surface area contributed by atoms with E-state index in [9.17, 15) is 0 Å². The second-order valence-corrected chi connectivity index (χ2v) is 4.43. The van der Waals surface area contributed by atoms with Crippen LogP contribution in [0.15, 0.2) is 30.7 Å². The van der Waals surface area contributed by atoms with Crippen LogP contribution in [0.4, 0.5) is 0 Å². The molecule has 2 aromatic rings. The fraction of sp³-hybridized carbons (Fsp3) is 0.333. The van der Waals surface area contributed by atoms with Gasteiger partial charge in [0, 0.05) is 23.5 Å². The fourth-order valence-corrected chi connectivity index (χ4v) is 2.08. The van der Waals surface area contributed by atoms with Crippen LogP contribution in [-0.2, 0) is 5.54 Å². The molecule has 0 radical (unpaired) electrons. The van der Waals surface area contributed by atoms with Crippen molar-refractivity contribution in [1.82, 2.24) is 15.2 Å². The molecule has 1 fully saturated rings. The summed E-state index contributed by atoms with van der Waals surface area (Å²) in [6, 6.07) is 4.08. The highest BCUT2D eigenvalue weighted by atomic mass is 35.5. The van der Waals surface area contributed by atoms with Crippen molar-refractivity contribution in [2.24, 2.45) is 5.73 Å². The van der Waals surface area contributed by atoms with Crippen LogP contribution in [0.5, 0.6) is 0 Å². The molecule has 4 nitrogen and oxygen atoms in total. The summed E-state index contributed by atoms with van der Waals surface area (Å²) in [6.45, 7) is 0. The molecule has 1 saturated carbocycles. The van der Waals surface area contributed by atoms with Crippen LogP contribution in [0.25, 0.3) is 11.1 Å². The van der Waals surface area contributed by atoms with Gasteiger partial charge in [-0.25, -0.2) is 0 Å². The lowest BCUT2D eigenvalue weighted by Gasteiger charge is -2.37. The first-order chi connectivity index (χ1) is 7.78. The minimum Gasteiger partial charge on any atom is -0.320 e. The monoisotopic (exact) mass is 286 g/mol. The Morgan fingerprint density at radius 1 is 1.11 bits per heavy atom. The van der Waals surface area contributed by atoms with Gasteiger partial charge >= 0.3 is 0 Å². The van der Waals surface area contributed by atoms with E-state index in [1.54, 1.807) is 6.20 Å². The van der Waals surface area contributed by atoms with E-state index in [0.29, 0.717) is 0 Å². The van der Waals surface area contributed by atoms with Gasteiger partial charge in [-0.05, 0) is 25.3 Å². The average Bonchev–Trinajstić information content (AvgIpc) is 2.80. The van der Waals surface area contributed by atoms with Gasteiger partial charge < -0.3 is 5.73 Å². The average molecular weight is 287 g/mol. The quantitative estimate of drug-likeness (QED) is 0.892. The summed E-state index contributed by atoms with van der Waals surface area (Å²) < 4.78 is 0. The van der Waals surface area contributed by atoms with Crippen LogP contribution in [0.3, 0.4) is 0 Å². The maximum Gasteiger partial charge on any atom is 0.0602 e. The highest BCUT2D eigenvalue weighted by molar-refractivity contribution is 5.85. The zero-order valence-electron chi connectivity index (χ0n) is 9.80. The molecule has 98 valence electrons. The fourth-order valence-electron chi connectivity index (χ4n) is 2.08. The molecule has 3 rings (SSSR count). The summed E-state index contributed by atoms with van der Waals surface area (Å²) in [5.41, 5.74) is 9.17. The number of aromatic nitrogens is 3. The Hall–Kier alpha value is -1.10. The molecule has 0 unspecified atom stereocenters. The van der Waals surface area contributed by atoms with Gasteiger partial charge in [0.05, 0.1) is 17.4 Å². The van der Waals surface area contributed by atoms with Crippen LogP contribution in [0, 0.1) is 0 Å². The highest BCUT2D eigenvalue weighted by Crippen LogP contribution is 2.37. The molecule has 18 heavy (non-hydrogen) atoms. The summed E-state index contributed by atoms with van der Waals surface area (Å²) in [7, 11) is 0. The van der Waals surface area contributed by atoms with Crippen molar-refractivity contribution in [2.45, 2.75) is 24.8 Å². The number of halogens is 2. The molecule has 2 aromatic heterocycles. The highest BCUT2D eigenvalue weighted by Gasteiger charge is 2.35. The van der Waals surface area contributed by atoms with E-state index < -0.39 is 0 Å². The molecule has 0 spiro atoms. The largest absolute Gasteiger partial charge is 0.320 e. The van der Waals surface area contributed by atoms with Crippen LogP contribution in [0.2, 0.25) is 0 Å². The summed E-state index contributed by atoms with van der Waals surface area (Å²) in [4.78, 5) is 4.46. The Morgan fingerprint density at radius 3 is 2.33 bits per heavy atom. The molecule has 0 aromatic carbocycles. The van der Waals surface area contributed by atoms with E-state index in [1.165, 1.54) is 6.42 Å². The zero-order chi connectivity index (χ0) is 11.0. The van der Waals surface area contributed by atoms with Crippen molar-refractivity contribution in [2.75, 3.05) is 0 Å². The Labute approximate surface area is 118 Å². The lowest BCUT2D eigenvalue weighted by atomic mass is 9.75. The number of nitrogens with one attached hydrogen (secondary N) is 1. The molecule has 1 aliphatic rings. The van der Waals surface area contributed by atoms with Crippen molar-refractivity contribution in [3.63, 3.8) is 0 Å². The number of nitrogens with two attached hydrogens (primary N) is 1. The molecule has 0 amide bonds. The molecule has 1 aliphatic carbocycles. The molecule has 0 saturated heterocycles. The Balaban J connectivity index is 0.000000810. The van der Waals surface area contributed by atoms with Gasteiger partial charge in [-0.15, -0.1) is 24.8 Å². The number of rotatable bonds is 2. The number of aromatic amines is 1. The number of hydrogen-bond acceptors (Lipinski definition) is 3. The van der Waals surface area contributed by atoms with Gasteiger partial charge in [0.2, 0.25) is 0 Å². The summed E-state index contributed by atoms with van der Waals surface area (Å²) >= 11 is 0. The SMILES string of the molecule is Cl.Cl.NC1(c2ccc(-c3cn[nH]c3)cn2)CCC1. The summed E-state index contributed by atoms with van der Waals surface area (Å²) in [6.07, 6.45) is 8.82. The molecule has 0 bridgehead atoms. The number of hydrogen-bond donors (Lipinski definition) is 2. The van der Waals surface area contributed by atoms with Gasteiger partial charge in [0.15, 0.2) is 0 Å². The molecule has 6 heteroatoms. The maximum absolute atomic E-state index is 6.21. The van der Waals surface area contributed by atoms with Crippen molar-refractivity contribution >= 4 is 24.8 Å². The van der Waals surface area contributed by atoms with Gasteiger partial charge in [-0.3, -0.25) is 10.1 Å². The Bertz CT molecular complexity index is 477.